The maximum absolute atomic E-state index is 13.3. The van der Waals surface area contributed by atoms with Crippen molar-refractivity contribution in [2.45, 2.75) is 78.0 Å². The molecule has 1 aromatic rings. The van der Waals surface area contributed by atoms with Crippen LogP contribution in [0.4, 0.5) is 0 Å². The first kappa shape index (κ1) is 27.5. The number of Topliss-reactive ketones (excluding diaryl/α,β-unsaturated/α-hetero) is 1. The molecule has 1 saturated heterocycles. The van der Waals surface area contributed by atoms with E-state index in [9.17, 15) is 9.59 Å². The molecule has 0 amide bonds. The number of ether oxygens (including phenoxy) is 4. The quantitative estimate of drug-likeness (QED) is 0.356. The molecule has 6 atom stereocenters. The number of methoxy groups -OCH3 is 2. The van der Waals surface area contributed by atoms with E-state index >= 15 is 0 Å². The number of hydrogen-bond acceptors (Lipinski definition) is 7. The van der Waals surface area contributed by atoms with Crippen LogP contribution in [-0.4, -0.2) is 51.3 Å². The molecule has 2 aliphatic rings. The summed E-state index contributed by atoms with van der Waals surface area (Å²) >= 11 is 0. The van der Waals surface area contributed by atoms with Crippen molar-refractivity contribution < 1.29 is 28.5 Å². The van der Waals surface area contributed by atoms with Gasteiger partial charge in [-0.15, -0.1) is 0 Å². The number of benzene rings is 1. The standard InChI is InChI=1S/C28H43NO6/c1-17(2)21-10-8-18(3)14-25(21)35-28(31)23-16-22(19(4)30)27(29-23)20-9-11-24(33-6)26(15-20)34-13-7-12-32-5/h9,11,15,17-18,21-23,25,27,29H,7-8,10,12-14,16H2,1-6H3. The lowest BCUT2D eigenvalue weighted by Gasteiger charge is -2.37. The van der Waals surface area contributed by atoms with Crippen LogP contribution in [0.5, 0.6) is 11.5 Å². The molecule has 0 spiro atoms. The minimum Gasteiger partial charge on any atom is -0.493 e. The highest BCUT2D eigenvalue weighted by Gasteiger charge is 2.43. The summed E-state index contributed by atoms with van der Waals surface area (Å²) < 4.78 is 22.6. The predicted octanol–water partition coefficient (Wildman–Crippen LogP) is 4.72. The first-order valence-electron chi connectivity index (χ1n) is 13.0. The van der Waals surface area contributed by atoms with E-state index in [1.165, 1.54) is 6.42 Å². The average molecular weight is 490 g/mol. The van der Waals surface area contributed by atoms with E-state index < -0.39 is 6.04 Å². The van der Waals surface area contributed by atoms with Gasteiger partial charge in [0.2, 0.25) is 0 Å². The van der Waals surface area contributed by atoms with Crippen LogP contribution in [0.25, 0.3) is 0 Å². The highest BCUT2D eigenvalue weighted by Crippen LogP contribution is 2.39. The van der Waals surface area contributed by atoms with Crippen molar-refractivity contribution in [1.29, 1.82) is 0 Å². The van der Waals surface area contributed by atoms with Gasteiger partial charge in [0.1, 0.15) is 17.9 Å². The normalized spacial score (nSPS) is 28.7. The third-order valence-corrected chi connectivity index (χ3v) is 7.61. The van der Waals surface area contributed by atoms with Crippen molar-refractivity contribution >= 4 is 11.8 Å². The zero-order valence-corrected chi connectivity index (χ0v) is 22.2. The highest BCUT2D eigenvalue weighted by molar-refractivity contribution is 5.83. The zero-order valence-electron chi connectivity index (χ0n) is 22.2. The summed E-state index contributed by atoms with van der Waals surface area (Å²) in [7, 11) is 3.26. The van der Waals surface area contributed by atoms with Crippen LogP contribution in [0.3, 0.4) is 0 Å². The molecule has 7 heteroatoms. The van der Waals surface area contributed by atoms with Crippen molar-refractivity contribution in [1.82, 2.24) is 5.32 Å². The van der Waals surface area contributed by atoms with E-state index in [0.717, 1.165) is 24.8 Å². The number of carbonyl (C=O) groups excluding carboxylic acids is 2. The molecule has 0 bridgehead atoms. The lowest BCUT2D eigenvalue weighted by Crippen LogP contribution is -2.41. The van der Waals surface area contributed by atoms with Crippen molar-refractivity contribution in [3.8, 4) is 11.5 Å². The lowest BCUT2D eigenvalue weighted by molar-refractivity contribution is -0.158. The zero-order chi connectivity index (χ0) is 25.5. The highest BCUT2D eigenvalue weighted by atomic mass is 16.5. The van der Waals surface area contributed by atoms with E-state index in [4.69, 9.17) is 18.9 Å². The lowest BCUT2D eigenvalue weighted by atomic mass is 9.75. The van der Waals surface area contributed by atoms with Crippen molar-refractivity contribution in [2.24, 2.45) is 23.7 Å². The molecular weight excluding hydrogens is 446 g/mol. The maximum atomic E-state index is 13.3. The molecule has 7 nitrogen and oxygen atoms in total. The topological polar surface area (TPSA) is 83.1 Å². The molecule has 0 aromatic heterocycles. The molecule has 0 radical (unpaired) electrons. The smallest absolute Gasteiger partial charge is 0.323 e. The molecule has 3 rings (SSSR count). The fourth-order valence-corrected chi connectivity index (χ4v) is 5.55. The minimum atomic E-state index is -0.507. The van der Waals surface area contributed by atoms with Gasteiger partial charge in [-0.2, -0.15) is 0 Å². The Morgan fingerprint density at radius 3 is 2.51 bits per heavy atom. The van der Waals surface area contributed by atoms with E-state index in [0.29, 0.717) is 48.9 Å². The van der Waals surface area contributed by atoms with Crippen LogP contribution in [0.1, 0.15) is 71.4 Å². The number of ketones is 1. The van der Waals surface area contributed by atoms with Gasteiger partial charge in [0.25, 0.3) is 0 Å². The van der Waals surface area contributed by atoms with E-state index in [1.54, 1.807) is 21.1 Å². The van der Waals surface area contributed by atoms with Gasteiger partial charge in [0.15, 0.2) is 11.5 Å². The summed E-state index contributed by atoms with van der Waals surface area (Å²) in [6.07, 6.45) is 4.31. The molecule has 2 fully saturated rings. The molecule has 1 aromatic carbocycles. The Hall–Kier alpha value is -2.12. The first-order chi connectivity index (χ1) is 16.7. The largest absolute Gasteiger partial charge is 0.493 e. The fraction of sp³-hybridized carbons (Fsp3) is 0.714. The maximum Gasteiger partial charge on any atom is 0.323 e. The van der Waals surface area contributed by atoms with Gasteiger partial charge in [-0.3, -0.25) is 14.9 Å². The van der Waals surface area contributed by atoms with Crippen LogP contribution in [0, 0.1) is 23.7 Å². The number of rotatable bonds is 11. The van der Waals surface area contributed by atoms with Gasteiger partial charge in [-0.05, 0) is 61.6 Å². The number of nitrogens with one attached hydrogen (secondary N) is 1. The minimum absolute atomic E-state index is 0.0579. The van der Waals surface area contributed by atoms with Crippen LogP contribution < -0.4 is 14.8 Å². The summed E-state index contributed by atoms with van der Waals surface area (Å²) in [5.41, 5.74) is 0.898. The van der Waals surface area contributed by atoms with Crippen molar-refractivity contribution in [2.75, 3.05) is 27.4 Å². The SMILES string of the molecule is COCCCOc1cc(C2NC(C(=O)OC3CC(C)CCC3C(C)C)CC2C(C)=O)ccc1OC. The molecule has 6 unspecified atom stereocenters. The molecule has 196 valence electrons. The van der Waals surface area contributed by atoms with Crippen LogP contribution in [-0.2, 0) is 19.1 Å². The Morgan fingerprint density at radius 1 is 1.09 bits per heavy atom. The van der Waals surface area contributed by atoms with Crippen LogP contribution in [0.2, 0.25) is 0 Å². The van der Waals surface area contributed by atoms with Gasteiger partial charge in [-0.1, -0.05) is 33.3 Å². The van der Waals surface area contributed by atoms with E-state index in [1.807, 2.05) is 18.2 Å². The number of esters is 1. The van der Waals surface area contributed by atoms with Gasteiger partial charge in [0.05, 0.1) is 13.7 Å². The second-order valence-electron chi connectivity index (χ2n) is 10.6. The third-order valence-electron chi connectivity index (χ3n) is 7.61. The molecule has 1 saturated carbocycles. The van der Waals surface area contributed by atoms with Gasteiger partial charge in [-0.25, -0.2) is 0 Å². The van der Waals surface area contributed by atoms with Gasteiger partial charge >= 0.3 is 5.97 Å². The average Bonchev–Trinajstić information content (AvgIpc) is 3.28. The predicted molar refractivity (Wildman–Crippen MR) is 135 cm³/mol. The van der Waals surface area contributed by atoms with E-state index in [-0.39, 0.29) is 29.8 Å². The number of hydrogen-bond donors (Lipinski definition) is 1. The van der Waals surface area contributed by atoms with E-state index in [2.05, 4.69) is 26.1 Å². The molecular formula is C28H43NO6. The fourth-order valence-electron chi connectivity index (χ4n) is 5.55. The summed E-state index contributed by atoms with van der Waals surface area (Å²) in [6, 6.07) is 4.89. The summed E-state index contributed by atoms with van der Waals surface area (Å²) in [5.74, 6) is 2.16. The summed E-state index contributed by atoms with van der Waals surface area (Å²) in [5, 5.41) is 3.41. The molecule has 35 heavy (non-hydrogen) atoms. The third kappa shape index (κ3) is 6.98. The Kier molecular flexibility index (Phi) is 9.99. The Morgan fingerprint density at radius 2 is 1.86 bits per heavy atom. The second kappa shape index (κ2) is 12.7. The first-order valence-corrected chi connectivity index (χ1v) is 13.0. The Balaban J connectivity index is 1.74. The molecule has 1 aliphatic carbocycles. The van der Waals surface area contributed by atoms with Crippen molar-refractivity contribution in [3.05, 3.63) is 23.8 Å². The monoisotopic (exact) mass is 489 g/mol. The number of carbonyl (C=O) groups is 2. The van der Waals surface area contributed by atoms with Crippen LogP contribution >= 0.6 is 0 Å². The summed E-state index contributed by atoms with van der Waals surface area (Å²) in [4.78, 5) is 25.8. The Bertz CT molecular complexity index is 856. The summed E-state index contributed by atoms with van der Waals surface area (Å²) in [6.45, 7) is 9.33. The second-order valence-corrected chi connectivity index (χ2v) is 10.6. The Labute approximate surface area is 210 Å². The van der Waals surface area contributed by atoms with Gasteiger partial charge < -0.3 is 18.9 Å². The van der Waals surface area contributed by atoms with Crippen LogP contribution in [0.15, 0.2) is 18.2 Å². The molecule has 1 N–H and O–H groups in total. The van der Waals surface area contributed by atoms with Crippen molar-refractivity contribution in [3.63, 3.8) is 0 Å². The molecule has 1 aliphatic heterocycles. The molecule has 1 heterocycles. The van der Waals surface area contributed by atoms with Gasteiger partial charge in [0, 0.05) is 32.1 Å².